The molecule has 4 rings (SSSR count). The number of aromatic amines is 1. The highest BCUT2D eigenvalue weighted by Gasteiger charge is 2.24. The molecule has 1 aliphatic heterocycles. The van der Waals surface area contributed by atoms with Crippen molar-refractivity contribution in [3.05, 3.63) is 48.1 Å². The Hall–Kier alpha value is -3.42. The van der Waals surface area contributed by atoms with Gasteiger partial charge in [0.2, 0.25) is 5.95 Å². The van der Waals surface area contributed by atoms with Crippen LogP contribution in [0.1, 0.15) is 37.2 Å². The van der Waals surface area contributed by atoms with Gasteiger partial charge in [-0.05, 0) is 31.9 Å². The number of ether oxygens (including phenoxy) is 1. The van der Waals surface area contributed by atoms with Crippen LogP contribution in [-0.4, -0.2) is 44.2 Å². The van der Waals surface area contributed by atoms with Crippen LogP contribution >= 0.6 is 0 Å². The molecule has 0 aromatic carbocycles. The minimum absolute atomic E-state index is 0.154. The van der Waals surface area contributed by atoms with Gasteiger partial charge in [0.1, 0.15) is 11.5 Å². The SMILES string of the molecule is CC1CC(c2ncc(-c3nc(Nc4ccc(CNCC#N)nc4)ncc3F)[nH]2)CCO1. The monoisotopic (exact) mass is 422 g/mol. The quantitative estimate of drug-likeness (QED) is 0.392. The summed E-state index contributed by atoms with van der Waals surface area (Å²) in [4.78, 5) is 20.3. The maximum Gasteiger partial charge on any atom is 0.228 e. The molecule has 0 aliphatic carbocycles. The summed E-state index contributed by atoms with van der Waals surface area (Å²) < 4.78 is 20.0. The van der Waals surface area contributed by atoms with Gasteiger partial charge in [-0.2, -0.15) is 5.26 Å². The van der Waals surface area contributed by atoms with Crippen LogP contribution in [0.5, 0.6) is 0 Å². The second-order valence-electron chi connectivity index (χ2n) is 7.40. The number of nitrogens with zero attached hydrogens (tertiary/aromatic N) is 5. The van der Waals surface area contributed by atoms with Crippen LogP contribution in [-0.2, 0) is 11.3 Å². The summed E-state index contributed by atoms with van der Waals surface area (Å²) in [6, 6.07) is 5.67. The van der Waals surface area contributed by atoms with Crippen LogP contribution in [0, 0.1) is 17.1 Å². The molecule has 2 atom stereocenters. The van der Waals surface area contributed by atoms with E-state index in [1.165, 1.54) is 0 Å². The first-order valence-corrected chi connectivity index (χ1v) is 10.1. The minimum atomic E-state index is -0.530. The van der Waals surface area contributed by atoms with Gasteiger partial charge in [-0.15, -0.1) is 0 Å². The number of H-pyrrole nitrogens is 1. The molecule has 2 unspecified atom stereocenters. The Labute approximate surface area is 179 Å². The van der Waals surface area contributed by atoms with E-state index < -0.39 is 5.82 Å². The standard InChI is InChI=1S/C21H23FN8O/c1-13-8-14(4-7-31-13)20-26-12-18(29-20)19-17(22)11-27-21(30-19)28-16-3-2-15(25-10-16)9-24-6-5-23/h2-3,10-14,24H,4,6-9H2,1H3,(H,26,29)(H,27,28,30). The fourth-order valence-electron chi connectivity index (χ4n) is 3.51. The third kappa shape index (κ3) is 5.20. The van der Waals surface area contributed by atoms with Crippen LogP contribution in [0.25, 0.3) is 11.4 Å². The molecule has 9 nitrogen and oxygen atoms in total. The average Bonchev–Trinajstić information content (AvgIpc) is 3.27. The van der Waals surface area contributed by atoms with E-state index in [9.17, 15) is 4.39 Å². The zero-order valence-electron chi connectivity index (χ0n) is 17.1. The Morgan fingerprint density at radius 2 is 2.16 bits per heavy atom. The molecule has 10 heteroatoms. The van der Waals surface area contributed by atoms with Crippen molar-refractivity contribution in [2.24, 2.45) is 0 Å². The predicted molar refractivity (Wildman–Crippen MR) is 112 cm³/mol. The molecule has 1 aliphatic rings. The lowest BCUT2D eigenvalue weighted by Crippen LogP contribution is -2.22. The molecule has 1 fully saturated rings. The van der Waals surface area contributed by atoms with Gasteiger partial charge in [0, 0.05) is 19.1 Å². The van der Waals surface area contributed by atoms with Crippen LogP contribution < -0.4 is 10.6 Å². The Kier molecular flexibility index (Phi) is 6.45. The first-order chi connectivity index (χ1) is 15.1. The molecule has 4 heterocycles. The van der Waals surface area contributed by atoms with Crippen LogP contribution in [0.4, 0.5) is 16.0 Å². The summed E-state index contributed by atoms with van der Waals surface area (Å²) in [6.07, 6.45) is 6.31. The van der Waals surface area contributed by atoms with Crippen molar-refractivity contribution in [1.82, 2.24) is 30.2 Å². The fraction of sp³-hybridized carbons (Fsp3) is 0.381. The van der Waals surface area contributed by atoms with Crippen LogP contribution in [0.2, 0.25) is 0 Å². The first-order valence-electron chi connectivity index (χ1n) is 10.1. The van der Waals surface area contributed by atoms with Crippen molar-refractivity contribution < 1.29 is 9.13 Å². The van der Waals surface area contributed by atoms with E-state index in [1.54, 1.807) is 12.4 Å². The van der Waals surface area contributed by atoms with E-state index in [0.717, 1.165) is 30.6 Å². The molecule has 0 spiro atoms. The Morgan fingerprint density at radius 3 is 2.94 bits per heavy atom. The molecule has 0 radical (unpaired) electrons. The predicted octanol–water partition coefficient (Wildman–Crippen LogP) is 3.04. The molecule has 0 amide bonds. The number of anilines is 2. The number of aromatic nitrogens is 5. The highest BCUT2D eigenvalue weighted by molar-refractivity contribution is 5.59. The summed E-state index contributed by atoms with van der Waals surface area (Å²) in [6.45, 7) is 3.50. The molecular weight excluding hydrogens is 399 g/mol. The highest BCUT2D eigenvalue weighted by Crippen LogP contribution is 2.30. The largest absolute Gasteiger partial charge is 0.378 e. The van der Waals surface area contributed by atoms with Gasteiger partial charge < -0.3 is 15.0 Å². The van der Waals surface area contributed by atoms with E-state index in [1.807, 2.05) is 25.1 Å². The topological polar surface area (TPSA) is 124 Å². The number of rotatable bonds is 7. The smallest absolute Gasteiger partial charge is 0.228 e. The Morgan fingerprint density at radius 1 is 1.26 bits per heavy atom. The lowest BCUT2D eigenvalue weighted by Gasteiger charge is -2.25. The number of nitriles is 1. The summed E-state index contributed by atoms with van der Waals surface area (Å²) in [5, 5.41) is 14.6. The highest BCUT2D eigenvalue weighted by atomic mass is 19.1. The number of nitrogens with one attached hydrogen (secondary N) is 3. The molecule has 3 aromatic rings. The van der Waals surface area contributed by atoms with Gasteiger partial charge in [-0.25, -0.2) is 19.3 Å². The number of hydrogen-bond acceptors (Lipinski definition) is 8. The maximum absolute atomic E-state index is 14.4. The lowest BCUT2D eigenvalue weighted by atomic mass is 9.96. The van der Waals surface area contributed by atoms with Crippen molar-refractivity contribution in [3.63, 3.8) is 0 Å². The van der Waals surface area contributed by atoms with E-state index in [4.69, 9.17) is 10.00 Å². The number of hydrogen-bond donors (Lipinski definition) is 3. The van der Waals surface area contributed by atoms with Gasteiger partial charge in [0.25, 0.3) is 0 Å². The van der Waals surface area contributed by atoms with Crippen molar-refractivity contribution in [2.75, 3.05) is 18.5 Å². The Bertz CT molecular complexity index is 1060. The summed E-state index contributed by atoms with van der Waals surface area (Å²) in [5.41, 5.74) is 2.13. The van der Waals surface area contributed by atoms with Crippen molar-refractivity contribution >= 4 is 11.6 Å². The summed E-state index contributed by atoms with van der Waals surface area (Å²) in [7, 11) is 0. The van der Waals surface area contributed by atoms with E-state index in [0.29, 0.717) is 24.5 Å². The normalized spacial score (nSPS) is 18.5. The average molecular weight is 422 g/mol. The van der Waals surface area contributed by atoms with Crippen molar-refractivity contribution in [3.8, 4) is 17.5 Å². The van der Waals surface area contributed by atoms with Crippen molar-refractivity contribution in [1.29, 1.82) is 5.26 Å². The molecule has 0 saturated carbocycles. The van der Waals surface area contributed by atoms with Gasteiger partial charge in [0.15, 0.2) is 5.82 Å². The zero-order valence-corrected chi connectivity index (χ0v) is 17.1. The molecule has 31 heavy (non-hydrogen) atoms. The molecular formula is C21H23FN8O. The first kappa shape index (κ1) is 20.8. The third-order valence-corrected chi connectivity index (χ3v) is 5.06. The third-order valence-electron chi connectivity index (χ3n) is 5.06. The zero-order chi connectivity index (χ0) is 21.6. The minimum Gasteiger partial charge on any atom is -0.378 e. The van der Waals surface area contributed by atoms with Crippen LogP contribution in [0.3, 0.4) is 0 Å². The molecule has 3 N–H and O–H groups in total. The van der Waals surface area contributed by atoms with Gasteiger partial charge in [-0.1, -0.05) is 0 Å². The second kappa shape index (κ2) is 9.59. The number of pyridine rings is 1. The maximum atomic E-state index is 14.4. The van der Waals surface area contributed by atoms with Gasteiger partial charge in [0.05, 0.1) is 54.4 Å². The van der Waals surface area contributed by atoms with E-state index in [-0.39, 0.29) is 30.2 Å². The molecule has 160 valence electrons. The van der Waals surface area contributed by atoms with E-state index >= 15 is 0 Å². The molecule has 0 bridgehead atoms. The lowest BCUT2D eigenvalue weighted by molar-refractivity contribution is 0.0174. The van der Waals surface area contributed by atoms with Gasteiger partial charge >= 0.3 is 0 Å². The summed E-state index contributed by atoms with van der Waals surface area (Å²) >= 11 is 0. The fourth-order valence-corrected chi connectivity index (χ4v) is 3.51. The Balaban J connectivity index is 1.47. The summed E-state index contributed by atoms with van der Waals surface area (Å²) in [5.74, 6) is 0.803. The number of imidazole rings is 1. The van der Waals surface area contributed by atoms with Gasteiger partial charge in [-0.3, -0.25) is 10.3 Å². The molecule has 3 aromatic heterocycles. The van der Waals surface area contributed by atoms with Crippen LogP contribution in [0.15, 0.2) is 30.7 Å². The van der Waals surface area contributed by atoms with Crippen molar-refractivity contribution in [2.45, 2.75) is 38.3 Å². The number of halogens is 1. The van der Waals surface area contributed by atoms with E-state index in [2.05, 4.69) is 35.6 Å². The second-order valence-corrected chi connectivity index (χ2v) is 7.40. The molecule has 1 saturated heterocycles.